The van der Waals surface area contributed by atoms with Gasteiger partial charge in [-0.3, -0.25) is 0 Å². The van der Waals surface area contributed by atoms with E-state index in [0.29, 0.717) is 29.9 Å². The molecule has 4 aromatic carbocycles. The summed E-state index contributed by atoms with van der Waals surface area (Å²) in [7, 11) is 0. The first kappa shape index (κ1) is 40.7. The molecule has 6 aromatic rings. The summed E-state index contributed by atoms with van der Waals surface area (Å²) >= 11 is 11.6. The zero-order valence-electron chi connectivity index (χ0n) is 30.2. The van der Waals surface area contributed by atoms with Crippen LogP contribution in [0.25, 0.3) is 34.4 Å². The highest BCUT2D eigenvalue weighted by Crippen LogP contribution is 2.28. The molecule has 6 rings (SSSR count). The molecule has 0 spiro atoms. The first-order chi connectivity index (χ1) is 26.9. The first-order valence-corrected chi connectivity index (χ1v) is 17.7. The van der Waals surface area contributed by atoms with E-state index in [4.69, 9.17) is 33.0 Å². The van der Waals surface area contributed by atoms with Crippen LogP contribution in [0.3, 0.4) is 0 Å². The van der Waals surface area contributed by atoms with Gasteiger partial charge in [0.2, 0.25) is 11.9 Å². The molecule has 2 aromatic heterocycles. The zero-order valence-corrected chi connectivity index (χ0v) is 31.7. The van der Waals surface area contributed by atoms with Gasteiger partial charge in [0.1, 0.15) is 11.6 Å². The fourth-order valence-corrected chi connectivity index (χ4v) is 5.53. The molecule has 0 unspecified atom stereocenters. The number of anilines is 4. The Balaban J connectivity index is 0.000000215. The van der Waals surface area contributed by atoms with Crippen LogP contribution < -0.4 is 10.6 Å². The van der Waals surface area contributed by atoms with Gasteiger partial charge in [0.15, 0.2) is 0 Å². The molecule has 10 nitrogen and oxygen atoms in total. The highest BCUT2D eigenvalue weighted by atomic mass is 35.5. The van der Waals surface area contributed by atoms with E-state index in [1.54, 1.807) is 37.5 Å². The number of halogens is 4. The van der Waals surface area contributed by atoms with Gasteiger partial charge in [-0.25, -0.2) is 38.3 Å². The first-order valence-electron chi connectivity index (χ1n) is 17.0. The number of aliphatic carboxylic acids is 1. The minimum absolute atomic E-state index is 0.0135. The van der Waals surface area contributed by atoms with Gasteiger partial charge < -0.3 is 20.5 Å². The van der Waals surface area contributed by atoms with Crippen LogP contribution in [0.5, 0.6) is 0 Å². The van der Waals surface area contributed by atoms with Crippen LogP contribution in [0.2, 0.25) is 10.0 Å². The lowest BCUT2D eigenvalue weighted by atomic mass is 10.0. The van der Waals surface area contributed by atoms with Crippen molar-refractivity contribution in [1.82, 2.24) is 19.9 Å². The standard InChI is InChI=1S/C22H19ClFN3O2.C20H15ClFN3O2/c1-3-29-21(28)10-7-15-5-4-6-16(11-15)18-13-25-22(26-14(18)2)27-17-8-9-20(24)19(23)12-17;1-12-16(14-4-2-3-13(9-14)5-8-19(26)27)11-23-20(24-12)25-15-6-7-18(22)17(21)10-15/h4-13H,3H2,1-2H3,(H,25,26,27);2-11H,1H3,(H,26,27)(H,23,24,25)/b10-7+;8-5+. The van der Waals surface area contributed by atoms with Crippen LogP contribution in [0, 0.1) is 25.5 Å². The fourth-order valence-electron chi connectivity index (χ4n) is 5.17. The summed E-state index contributed by atoms with van der Waals surface area (Å²) in [5.74, 6) is -1.62. The Hall–Kier alpha value is -6.50. The highest BCUT2D eigenvalue weighted by molar-refractivity contribution is 6.31. The van der Waals surface area contributed by atoms with Crippen molar-refractivity contribution < 1.29 is 28.2 Å². The van der Waals surface area contributed by atoms with Gasteiger partial charge >= 0.3 is 11.9 Å². The number of aromatic nitrogens is 4. The molecule has 0 aliphatic heterocycles. The molecule has 0 radical (unpaired) electrons. The molecule has 14 heteroatoms. The quantitative estimate of drug-likeness (QED) is 0.0858. The third-order valence-electron chi connectivity index (χ3n) is 7.82. The topological polar surface area (TPSA) is 139 Å². The van der Waals surface area contributed by atoms with Gasteiger partial charge in [0, 0.05) is 47.0 Å². The van der Waals surface area contributed by atoms with Crippen LogP contribution in [-0.2, 0) is 14.3 Å². The van der Waals surface area contributed by atoms with Crippen LogP contribution >= 0.6 is 23.2 Å². The number of carbonyl (C=O) groups is 2. The lowest BCUT2D eigenvalue weighted by Gasteiger charge is -2.10. The van der Waals surface area contributed by atoms with Crippen molar-refractivity contribution in [1.29, 1.82) is 0 Å². The van der Waals surface area contributed by atoms with Crippen molar-refractivity contribution in [3.8, 4) is 22.3 Å². The molecule has 284 valence electrons. The van der Waals surface area contributed by atoms with E-state index in [1.165, 1.54) is 36.4 Å². The molecular formula is C42H34Cl2F2N6O4. The number of aryl methyl sites for hydroxylation is 2. The summed E-state index contributed by atoms with van der Waals surface area (Å²) in [6.07, 6.45) is 9.10. The molecule has 0 saturated carbocycles. The Kier molecular flexibility index (Phi) is 13.9. The molecule has 3 N–H and O–H groups in total. The average Bonchev–Trinajstić information content (AvgIpc) is 3.17. The average molecular weight is 796 g/mol. The van der Waals surface area contributed by atoms with Crippen LogP contribution in [-0.4, -0.2) is 43.6 Å². The van der Waals surface area contributed by atoms with Gasteiger partial charge in [-0.05, 0) is 104 Å². The Bertz CT molecular complexity index is 2440. The van der Waals surface area contributed by atoms with Crippen LogP contribution in [0.15, 0.2) is 109 Å². The maximum absolute atomic E-state index is 13.3. The van der Waals surface area contributed by atoms with Crippen molar-refractivity contribution in [2.75, 3.05) is 17.2 Å². The maximum atomic E-state index is 13.3. The molecule has 2 heterocycles. The summed E-state index contributed by atoms with van der Waals surface area (Å²) in [4.78, 5) is 39.7. The number of carboxylic acids is 1. The number of benzene rings is 4. The third-order valence-corrected chi connectivity index (χ3v) is 8.40. The largest absolute Gasteiger partial charge is 0.478 e. The number of nitrogens with zero attached hydrogens (tertiary/aromatic N) is 4. The second-order valence-electron chi connectivity index (χ2n) is 11.9. The van der Waals surface area contributed by atoms with E-state index >= 15 is 0 Å². The number of nitrogens with one attached hydrogen (secondary N) is 2. The molecule has 0 amide bonds. The SMILES string of the molecule is CCOC(=O)/C=C/c1cccc(-c2cnc(Nc3ccc(F)c(Cl)c3)nc2C)c1.Cc1nc(Nc2ccc(F)c(Cl)c2)ncc1-c1cccc(/C=C/C(=O)O)c1. The molecule has 0 aliphatic rings. The van der Waals surface area contributed by atoms with Gasteiger partial charge in [-0.2, -0.15) is 0 Å². The zero-order chi connectivity index (χ0) is 40.2. The van der Waals surface area contributed by atoms with Crippen molar-refractivity contribution in [3.05, 3.63) is 154 Å². The van der Waals surface area contributed by atoms with Crippen molar-refractivity contribution in [2.45, 2.75) is 20.8 Å². The molecule has 0 aliphatic carbocycles. The Morgan fingerprint density at radius 2 is 1.18 bits per heavy atom. The lowest BCUT2D eigenvalue weighted by molar-refractivity contribution is -0.137. The predicted octanol–water partition coefficient (Wildman–Crippen LogP) is 10.7. The smallest absolute Gasteiger partial charge is 0.330 e. The maximum Gasteiger partial charge on any atom is 0.330 e. The van der Waals surface area contributed by atoms with Gasteiger partial charge in [0.25, 0.3) is 0 Å². The Labute approximate surface area is 331 Å². The van der Waals surface area contributed by atoms with Crippen molar-refractivity contribution in [3.63, 3.8) is 0 Å². The van der Waals surface area contributed by atoms with E-state index < -0.39 is 17.6 Å². The minimum atomic E-state index is -1.00. The van der Waals surface area contributed by atoms with Gasteiger partial charge in [0.05, 0.1) is 28.0 Å². The van der Waals surface area contributed by atoms with E-state index in [0.717, 1.165) is 50.8 Å². The second kappa shape index (κ2) is 19.2. The molecular weight excluding hydrogens is 761 g/mol. The molecule has 0 atom stereocenters. The summed E-state index contributed by atoms with van der Waals surface area (Å²) < 4.78 is 31.4. The number of hydrogen-bond acceptors (Lipinski definition) is 9. The summed E-state index contributed by atoms with van der Waals surface area (Å²) in [5.41, 5.74) is 7.77. The molecule has 0 saturated heterocycles. The lowest BCUT2D eigenvalue weighted by Crippen LogP contribution is -2.00. The normalized spacial score (nSPS) is 10.9. The van der Waals surface area contributed by atoms with Crippen LogP contribution in [0.1, 0.15) is 29.4 Å². The van der Waals surface area contributed by atoms with Gasteiger partial charge in [-0.15, -0.1) is 0 Å². The van der Waals surface area contributed by atoms with E-state index in [1.807, 2.05) is 62.4 Å². The monoisotopic (exact) mass is 794 g/mol. The third kappa shape index (κ3) is 11.5. The number of esters is 1. The predicted molar refractivity (Wildman–Crippen MR) is 216 cm³/mol. The van der Waals surface area contributed by atoms with Crippen molar-refractivity contribution in [2.24, 2.45) is 0 Å². The fraction of sp³-hybridized carbons (Fsp3) is 0.0952. The number of carbonyl (C=O) groups excluding carboxylic acids is 1. The number of hydrogen-bond donors (Lipinski definition) is 3. The summed E-state index contributed by atoms with van der Waals surface area (Å²) in [5, 5.41) is 14.8. The Morgan fingerprint density at radius 3 is 1.59 bits per heavy atom. The second-order valence-corrected chi connectivity index (χ2v) is 12.7. The van der Waals surface area contributed by atoms with E-state index in [2.05, 4.69) is 30.6 Å². The van der Waals surface area contributed by atoms with E-state index in [9.17, 15) is 18.4 Å². The number of carboxylic acid groups (broad SMARTS) is 1. The van der Waals surface area contributed by atoms with E-state index in [-0.39, 0.29) is 16.0 Å². The number of rotatable bonds is 11. The highest BCUT2D eigenvalue weighted by Gasteiger charge is 2.10. The Morgan fingerprint density at radius 1 is 0.714 bits per heavy atom. The summed E-state index contributed by atoms with van der Waals surface area (Å²) in [6.45, 7) is 5.82. The van der Waals surface area contributed by atoms with Crippen LogP contribution in [0.4, 0.5) is 32.1 Å². The molecule has 0 fully saturated rings. The molecule has 56 heavy (non-hydrogen) atoms. The van der Waals surface area contributed by atoms with Gasteiger partial charge in [-0.1, -0.05) is 59.6 Å². The summed E-state index contributed by atoms with van der Waals surface area (Å²) in [6, 6.07) is 23.7. The van der Waals surface area contributed by atoms with Crippen molar-refractivity contribution >= 4 is 70.6 Å². The molecule has 0 bridgehead atoms. The minimum Gasteiger partial charge on any atom is -0.478 e. The number of ether oxygens (including phenoxy) is 1.